The van der Waals surface area contributed by atoms with Crippen molar-refractivity contribution in [2.75, 3.05) is 43.9 Å². The van der Waals surface area contributed by atoms with Crippen molar-refractivity contribution >= 4 is 21.8 Å². The quantitative estimate of drug-likeness (QED) is 0.780. The molecule has 3 saturated heterocycles. The average Bonchev–Trinajstić information content (AvgIpc) is 2.97. The van der Waals surface area contributed by atoms with E-state index in [1.165, 1.54) is 10.6 Å². The minimum absolute atomic E-state index is 0.146. The molecule has 2 atom stereocenters. The van der Waals surface area contributed by atoms with Gasteiger partial charge in [-0.05, 0) is 55.9 Å². The van der Waals surface area contributed by atoms with Crippen LogP contribution < -0.4 is 9.64 Å². The highest BCUT2D eigenvalue weighted by molar-refractivity contribution is 7.88. The second kappa shape index (κ2) is 8.02. The molecule has 160 valence electrons. The van der Waals surface area contributed by atoms with Gasteiger partial charge in [-0.3, -0.25) is 0 Å². The Morgan fingerprint density at radius 2 is 1.66 bits per heavy atom. The molecule has 0 saturated carbocycles. The summed E-state index contributed by atoms with van der Waals surface area (Å²) in [4.78, 5) is 15.2. The number of piperazine rings is 1. The number of ether oxygens (including phenoxy) is 1. The first-order valence-corrected chi connectivity index (χ1v) is 12.1. The van der Waals surface area contributed by atoms with Crippen LogP contribution in [-0.2, 0) is 10.0 Å². The van der Waals surface area contributed by atoms with Crippen molar-refractivity contribution in [3.63, 3.8) is 0 Å². The van der Waals surface area contributed by atoms with Crippen LogP contribution in [0.25, 0.3) is 0 Å². The second-order valence-corrected chi connectivity index (χ2v) is 10.3. The summed E-state index contributed by atoms with van der Waals surface area (Å²) in [5.74, 6) is 1.21. The zero-order valence-electron chi connectivity index (χ0n) is 16.7. The summed E-state index contributed by atoms with van der Waals surface area (Å²) in [6, 6.07) is 8.24. The molecule has 0 aromatic heterocycles. The molecule has 0 radical (unpaired) electrons. The highest BCUT2D eigenvalue weighted by Crippen LogP contribution is 2.38. The number of rotatable bonds is 5. The number of carbonyl (C=O) groups is 1. The molecule has 2 unspecified atom stereocenters. The lowest BCUT2D eigenvalue weighted by molar-refractivity contribution is 0.0713. The Kier molecular flexibility index (Phi) is 5.61. The lowest BCUT2D eigenvalue weighted by Crippen LogP contribution is -2.48. The highest BCUT2D eigenvalue weighted by Gasteiger charge is 2.43. The van der Waals surface area contributed by atoms with Gasteiger partial charge in [0.2, 0.25) is 10.0 Å². The van der Waals surface area contributed by atoms with Crippen LogP contribution in [0.5, 0.6) is 5.75 Å². The molecular weight excluding hydrogens is 394 g/mol. The minimum Gasteiger partial charge on any atom is -0.493 e. The standard InChI is InChI=1S/C20H29N3O5S/c1-29(26,27)22-10-8-21(9-11-22)16-4-6-19(7-5-16)28-14-15-12-17-2-3-18(13-15)23(17)20(24)25/h4-7,15,17-18H,2-3,8-14H2,1H3,(H,24,25). The van der Waals surface area contributed by atoms with Gasteiger partial charge in [-0.25, -0.2) is 13.2 Å². The van der Waals surface area contributed by atoms with E-state index in [0.717, 1.165) is 37.1 Å². The smallest absolute Gasteiger partial charge is 0.407 e. The molecule has 8 nitrogen and oxygen atoms in total. The maximum absolute atomic E-state index is 11.6. The number of anilines is 1. The zero-order chi connectivity index (χ0) is 20.6. The maximum Gasteiger partial charge on any atom is 0.407 e. The van der Waals surface area contributed by atoms with Gasteiger partial charge in [0.25, 0.3) is 0 Å². The number of carboxylic acid groups (broad SMARTS) is 1. The number of benzene rings is 1. The molecule has 1 amide bonds. The number of amides is 1. The van der Waals surface area contributed by atoms with E-state index in [0.29, 0.717) is 38.7 Å². The fourth-order valence-corrected chi connectivity index (χ4v) is 5.81. The van der Waals surface area contributed by atoms with E-state index in [4.69, 9.17) is 4.74 Å². The van der Waals surface area contributed by atoms with E-state index in [9.17, 15) is 18.3 Å². The summed E-state index contributed by atoms with van der Waals surface area (Å²) in [6.45, 7) is 2.99. The molecular formula is C20H29N3O5S. The van der Waals surface area contributed by atoms with Crippen molar-refractivity contribution < 1.29 is 23.1 Å². The first-order valence-electron chi connectivity index (χ1n) is 10.3. The minimum atomic E-state index is -3.12. The molecule has 3 aliphatic rings. The van der Waals surface area contributed by atoms with Gasteiger partial charge in [-0.15, -0.1) is 0 Å². The molecule has 4 rings (SSSR count). The molecule has 29 heavy (non-hydrogen) atoms. The van der Waals surface area contributed by atoms with Crippen LogP contribution >= 0.6 is 0 Å². The molecule has 9 heteroatoms. The number of piperidine rings is 1. The summed E-state index contributed by atoms with van der Waals surface area (Å²) in [5, 5.41) is 9.36. The second-order valence-electron chi connectivity index (χ2n) is 8.37. The third-order valence-corrected chi connectivity index (χ3v) is 7.75. The third-order valence-electron chi connectivity index (χ3n) is 6.45. The number of hydrogen-bond acceptors (Lipinski definition) is 5. The SMILES string of the molecule is CS(=O)(=O)N1CCN(c2ccc(OCC3CC4CCC(C3)N4C(=O)O)cc2)CC1. The molecule has 3 fully saturated rings. The number of hydrogen-bond donors (Lipinski definition) is 1. The van der Waals surface area contributed by atoms with Crippen LogP contribution in [0.1, 0.15) is 25.7 Å². The lowest BCUT2D eigenvalue weighted by Gasteiger charge is -2.37. The van der Waals surface area contributed by atoms with E-state index in [2.05, 4.69) is 4.90 Å². The van der Waals surface area contributed by atoms with Crippen LogP contribution in [0, 0.1) is 5.92 Å². The van der Waals surface area contributed by atoms with Gasteiger partial charge in [0, 0.05) is 44.0 Å². The predicted molar refractivity (Wildman–Crippen MR) is 110 cm³/mol. The van der Waals surface area contributed by atoms with Gasteiger partial charge in [0.05, 0.1) is 12.9 Å². The van der Waals surface area contributed by atoms with Crippen LogP contribution in [0.2, 0.25) is 0 Å². The van der Waals surface area contributed by atoms with E-state index in [1.807, 2.05) is 24.3 Å². The zero-order valence-corrected chi connectivity index (χ0v) is 17.6. The van der Waals surface area contributed by atoms with Crippen molar-refractivity contribution in [1.82, 2.24) is 9.21 Å². The van der Waals surface area contributed by atoms with E-state index >= 15 is 0 Å². The van der Waals surface area contributed by atoms with Crippen molar-refractivity contribution in [3.05, 3.63) is 24.3 Å². The number of sulfonamides is 1. The summed E-state index contributed by atoms with van der Waals surface area (Å²) >= 11 is 0. The molecule has 3 aliphatic heterocycles. The lowest BCUT2D eigenvalue weighted by atomic mass is 9.92. The maximum atomic E-state index is 11.6. The Balaban J connectivity index is 1.27. The van der Waals surface area contributed by atoms with Crippen molar-refractivity contribution in [2.24, 2.45) is 5.92 Å². The Morgan fingerprint density at radius 1 is 1.07 bits per heavy atom. The Hall–Kier alpha value is -2.00. The predicted octanol–water partition coefficient (Wildman–Crippen LogP) is 2.07. The van der Waals surface area contributed by atoms with Crippen molar-refractivity contribution in [3.8, 4) is 5.75 Å². The Morgan fingerprint density at radius 3 is 2.17 bits per heavy atom. The highest BCUT2D eigenvalue weighted by atomic mass is 32.2. The third kappa shape index (κ3) is 4.45. The van der Waals surface area contributed by atoms with Crippen LogP contribution in [-0.4, -0.2) is 79.9 Å². The first-order chi connectivity index (χ1) is 13.8. The van der Waals surface area contributed by atoms with E-state index < -0.39 is 16.1 Å². The number of fused-ring (bicyclic) bond motifs is 2. The van der Waals surface area contributed by atoms with Gasteiger partial charge in [0.15, 0.2) is 0 Å². The Bertz CT molecular complexity index is 822. The number of nitrogens with zero attached hydrogens (tertiary/aromatic N) is 3. The van der Waals surface area contributed by atoms with Gasteiger partial charge >= 0.3 is 6.09 Å². The van der Waals surface area contributed by atoms with Crippen molar-refractivity contribution in [2.45, 2.75) is 37.8 Å². The molecule has 1 aromatic rings. The molecule has 3 heterocycles. The molecule has 0 aliphatic carbocycles. The largest absolute Gasteiger partial charge is 0.493 e. The summed E-state index contributed by atoms with van der Waals surface area (Å²) in [6.07, 6.45) is 4.16. The molecule has 1 aromatic carbocycles. The van der Waals surface area contributed by atoms with Crippen LogP contribution in [0.4, 0.5) is 10.5 Å². The molecule has 0 spiro atoms. The van der Waals surface area contributed by atoms with Crippen LogP contribution in [0.3, 0.4) is 0 Å². The summed E-state index contributed by atoms with van der Waals surface area (Å²) < 4.78 is 30.8. The first kappa shape index (κ1) is 20.3. The van der Waals surface area contributed by atoms with E-state index in [1.54, 1.807) is 4.90 Å². The average molecular weight is 424 g/mol. The monoisotopic (exact) mass is 423 g/mol. The molecule has 2 bridgehead atoms. The summed E-state index contributed by atoms with van der Waals surface area (Å²) in [7, 11) is -3.12. The van der Waals surface area contributed by atoms with Crippen molar-refractivity contribution in [1.29, 1.82) is 0 Å². The Labute approximate surface area is 172 Å². The molecule has 1 N–H and O–H groups in total. The fraction of sp³-hybridized carbons (Fsp3) is 0.650. The summed E-state index contributed by atoms with van der Waals surface area (Å²) in [5.41, 5.74) is 1.07. The van der Waals surface area contributed by atoms with Crippen LogP contribution in [0.15, 0.2) is 24.3 Å². The van der Waals surface area contributed by atoms with Gasteiger partial charge in [0.1, 0.15) is 5.75 Å². The topological polar surface area (TPSA) is 90.4 Å². The fourth-order valence-electron chi connectivity index (χ4n) is 4.98. The normalized spacial score (nSPS) is 27.8. The van der Waals surface area contributed by atoms with Gasteiger partial charge in [-0.2, -0.15) is 4.31 Å². The van der Waals surface area contributed by atoms with E-state index in [-0.39, 0.29) is 12.1 Å². The van der Waals surface area contributed by atoms with Gasteiger partial charge in [-0.1, -0.05) is 0 Å². The van der Waals surface area contributed by atoms with Gasteiger partial charge < -0.3 is 19.6 Å².